The molecule has 2 aromatic rings. The number of aryl methyl sites for hydroxylation is 2. The standard InChI is InChI=1S/C15H13BrFNO/c1-9-8-12(17)4-5-13(9)15(19)18-14-6-3-11(16)7-10(14)2/h3-8H,1-2H3,(H,18,19). The number of anilines is 1. The van der Waals surface area contributed by atoms with E-state index < -0.39 is 0 Å². The van der Waals surface area contributed by atoms with Crippen molar-refractivity contribution in [1.82, 2.24) is 0 Å². The van der Waals surface area contributed by atoms with E-state index in [9.17, 15) is 9.18 Å². The van der Waals surface area contributed by atoms with Gasteiger partial charge in [0.15, 0.2) is 0 Å². The molecule has 0 atom stereocenters. The summed E-state index contributed by atoms with van der Waals surface area (Å²) in [5, 5.41) is 2.83. The molecule has 0 fully saturated rings. The maximum absolute atomic E-state index is 13.0. The molecule has 4 heteroatoms. The van der Waals surface area contributed by atoms with Gasteiger partial charge >= 0.3 is 0 Å². The van der Waals surface area contributed by atoms with Gasteiger partial charge in [-0.15, -0.1) is 0 Å². The van der Waals surface area contributed by atoms with Gasteiger partial charge < -0.3 is 5.32 Å². The first-order chi connectivity index (χ1) is 8.97. The number of carbonyl (C=O) groups excluding carboxylic acids is 1. The molecule has 0 unspecified atom stereocenters. The molecule has 0 aliphatic rings. The van der Waals surface area contributed by atoms with E-state index >= 15 is 0 Å². The highest BCUT2D eigenvalue weighted by molar-refractivity contribution is 9.10. The molecule has 98 valence electrons. The molecule has 2 rings (SSSR count). The van der Waals surface area contributed by atoms with Crippen molar-refractivity contribution < 1.29 is 9.18 Å². The van der Waals surface area contributed by atoms with E-state index in [4.69, 9.17) is 0 Å². The Balaban J connectivity index is 2.25. The Kier molecular flexibility index (Phi) is 4.00. The van der Waals surface area contributed by atoms with Gasteiger partial charge in [0.05, 0.1) is 0 Å². The molecular weight excluding hydrogens is 309 g/mol. The number of carbonyl (C=O) groups is 1. The molecule has 0 saturated carbocycles. The van der Waals surface area contributed by atoms with Crippen LogP contribution in [0.2, 0.25) is 0 Å². The van der Waals surface area contributed by atoms with Crippen LogP contribution in [-0.4, -0.2) is 5.91 Å². The zero-order chi connectivity index (χ0) is 14.0. The first-order valence-corrected chi connectivity index (χ1v) is 6.60. The highest BCUT2D eigenvalue weighted by Gasteiger charge is 2.11. The van der Waals surface area contributed by atoms with E-state index in [-0.39, 0.29) is 11.7 Å². The monoisotopic (exact) mass is 321 g/mol. The van der Waals surface area contributed by atoms with Gasteiger partial charge in [-0.2, -0.15) is 0 Å². The van der Waals surface area contributed by atoms with Crippen LogP contribution in [0.5, 0.6) is 0 Å². The molecule has 1 amide bonds. The molecule has 0 heterocycles. The third kappa shape index (κ3) is 3.20. The third-order valence-corrected chi connectivity index (χ3v) is 3.36. The molecular formula is C15H13BrFNO. The molecule has 2 nitrogen and oxygen atoms in total. The number of hydrogen-bond acceptors (Lipinski definition) is 1. The zero-order valence-electron chi connectivity index (χ0n) is 10.6. The highest BCUT2D eigenvalue weighted by atomic mass is 79.9. The summed E-state index contributed by atoms with van der Waals surface area (Å²) >= 11 is 3.37. The quantitative estimate of drug-likeness (QED) is 0.869. The lowest BCUT2D eigenvalue weighted by molar-refractivity contribution is 0.102. The van der Waals surface area contributed by atoms with Gasteiger partial charge in [0.1, 0.15) is 5.82 Å². The second-order valence-corrected chi connectivity index (χ2v) is 5.29. The Morgan fingerprint density at radius 3 is 2.47 bits per heavy atom. The van der Waals surface area contributed by atoms with Crippen LogP contribution in [0.4, 0.5) is 10.1 Å². The minimum atomic E-state index is -0.339. The van der Waals surface area contributed by atoms with Gasteiger partial charge in [-0.3, -0.25) is 4.79 Å². The third-order valence-electron chi connectivity index (χ3n) is 2.87. The Bertz CT molecular complexity index is 640. The summed E-state index contributed by atoms with van der Waals surface area (Å²) in [4.78, 5) is 12.1. The van der Waals surface area contributed by atoms with Crippen LogP contribution in [0.25, 0.3) is 0 Å². The molecule has 1 N–H and O–H groups in total. The largest absolute Gasteiger partial charge is 0.322 e. The van der Waals surface area contributed by atoms with Gasteiger partial charge in [-0.05, 0) is 61.4 Å². The summed E-state index contributed by atoms with van der Waals surface area (Å²) in [6.07, 6.45) is 0. The van der Waals surface area contributed by atoms with Crippen LogP contribution >= 0.6 is 15.9 Å². The highest BCUT2D eigenvalue weighted by Crippen LogP contribution is 2.21. The maximum atomic E-state index is 13.0. The van der Waals surface area contributed by atoms with Gasteiger partial charge in [0.25, 0.3) is 5.91 Å². The van der Waals surface area contributed by atoms with Gasteiger partial charge in [-0.1, -0.05) is 15.9 Å². The Labute approximate surface area is 119 Å². The first kappa shape index (κ1) is 13.7. The lowest BCUT2D eigenvalue weighted by Crippen LogP contribution is -2.14. The fourth-order valence-electron chi connectivity index (χ4n) is 1.84. The van der Waals surface area contributed by atoms with Crippen LogP contribution in [0.15, 0.2) is 40.9 Å². The summed E-state index contributed by atoms with van der Waals surface area (Å²) in [5.41, 5.74) is 2.80. The lowest BCUT2D eigenvalue weighted by atomic mass is 10.1. The van der Waals surface area contributed by atoms with E-state index in [0.29, 0.717) is 11.1 Å². The summed E-state index contributed by atoms with van der Waals surface area (Å²) in [7, 11) is 0. The van der Waals surface area contributed by atoms with Crippen LogP contribution in [0.1, 0.15) is 21.5 Å². The van der Waals surface area contributed by atoms with E-state index in [2.05, 4.69) is 21.2 Å². The minimum Gasteiger partial charge on any atom is -0.322 e. The minimum absolute atomic E-state index is 0.233. The number of amides is 1. The molecule has 0 saturated heterocycles. The number of nitrogens with one attached hydrogen (secondary N) is 1. The van der Waals surface area contributed by atoms with Crippen molar-refractivity contribution in [2.75, 3.05) is 5.32 Å². The van der Waals surface area contributed by atoms with Crippen molar-refractivity contribution in [1.29, 1.82) is 0 Å². The Morgan fingerprint density at radius 1 is 1.11 bits per heavy atom. The SMILES string of the molecule is Cc1cc(Br)ccc1NC(=O)c1ccc(F)cc1C. The number of halogens is 2. The predicted octanol–water partition coefficient (Wildman–Crippen LogP) is 4.46. The molecule has 0 radical (unpaired) electrons. The Hall–Kier alpha value is -1.68. The molecule has 0 bridgehead atoms. The van der Waals surface area contributed by atoms with Gasteiger partial charge in [0, 0.05) is 15.7 Å². The first-order valence-electron chi connectivity index (χ1n) is 5.81. The van der Waals surface area contributed by atoms with Crippen molar-refractivity contribution in [3.05, 3.63) is 63.4 Å². The molecule has 2 aromatic carbocycles. The molecule has 0 aliphatic carbocycles. The fourth-order valence-corrected chi connectivity index (χ4v) is 2.31. The normalized spacial score (nSPS) is 10.3. The summed E-state index contributed by atoms with van der Waals surface area (Å²) in [6, 6.07) is 9.75. The van der Waals surface area contributed by atoms with Crippen molar-refractivity contribution in [2.24, 2.45) is 0 Å². The summed E-state index contributed by atoms with van der Waals surface area (Å²) in [5.74, 6) is -0.572. The van der Waals surface area contributed by atoms with Crippen LogP contribution in [0, 0.1) is 19.7 Å². The topological polar surface area (TPSA) is 29.1 Å². The van der Waals surface area contributed by atoms with E-state index in [1.807, 2.05) is 25.1 Å². The molecule has 0 aromatic heterocycles. The van der Waals surface area contributed by atoms with Crippen LogP contribution < -0.4 is 5.32 Å². The predicted molar refractivity (Wildman–Crippen MR) is 78.0 cm³/mol. The molecule has 19 heavy (non-hydrogen) atoms. The van der Waals surface area contributed by atoms with Gasteiger partial charge in [0.2, 0.25) is 0 Å². The second-order valence-electron chi connectivity index (χ2n) is 4.37. The van der Waals surface area contributed by atoms with Crippen LogP contribution in [0.3, 0.4) is 0 Å². The maximum Gasteiger partial charge on any atom is 0.255 e. The van der Waals surface area contributed by atoms with Crippen molar-refractivity contribution in [3.63, 3.8) is 0 Å². The summed E-state index contributed by atoms with van der Waals surface area (Å²) in [6.45, 7) is 3.63. The number of benzene rings is 2. The second kappa shape index (κ2) is 5.53. The van der Waals surface area contributed by atoms with E-state index in [1.165, 1.54) is 18.2 Å². The smallest absolute Gasteiger partial charge is 0.255 e. The van der Waals surface area contributed by atoms with Crippen molar-refractivity contribution in [3.8, 4) is 0 Å². The molecule has 0 spiro atoms. The average molecular weight is 322 g/mol. The summed E-state index contributed by atoms with van der Waals surface area (Å²) < 4.78 is 14.0. The van der Waals surface area contributed by atoms with E-state index in [1.54, 1.807) is 6.92 Å². The van der Waals surface area contributed by atoms with Crippen molar-refractivity contribution in [2.45, 2.75) is 13.8 Å². The zero-order valence-corrected chi connectivity index (χ0v) is 12.2. The molecule has 0 aliphatic heterocycles. The van der Waals surface area contributed by atoms with E-state index in [0.717, 1.165) is 15.7 Å². The number of rotatable bonds is 2. The van der Waals surface area contributed by atoms with Crippen LogP contribution in [-0.2, 0) is 0 Å². The lowest BCUT2D eigenvalue weighted by Gasteiger charge is -2.10. The van der Waals surface area contributed by atoms with Crippen molar-refractivity contribution >= 4 is 27.5 Å². The average Bonchev–Trinajstić information content (AvgIpc) is 2.32. The number of hydrogen-bond donors (Lipinski definition) is 1. The Morgan fingerprint density at radius 2 is 1.84 bits per heavy atom. The van der Waals surface area contributed by atoms with Gasteiger partial charge in [-0.25, -0.2) is 4.39 Å². The fraction of sp³-hybridized carbons (Fsp3) is 0.133.